The van der Waals surface area contributed by atoms with Crippen molar-refractivity contribution in [3.63, 3.8) is 0 Å². The van der Waals surface area contributed by atoms with Gasteiger partial charge < -0.3 is 5.32 Å². The third kappa shape index (κ3) is 4.89. The summed E-state index contributed by atoms with van der Waals surface area (Å²) in [7, 11) is 1.93. The number of hydrogen-bond donors (Lipinski definition) is 1. The molecule has 0 saturated heterocycles. The van der Waals surface area contributed by atoms with Gasteiger partial charge in [0.25, 0.3) is 0 Å². The van der Waals surface area contributed by atoms with Gasteiger partial charge in [0.2, 0.25) is 0 Å². The maximum absolute atomic E-state index is 3.23. The largest absolute Gasteiger partial charge is 0.388 e. The summed E-state index contributed by atoms with van der Waals surface area (Å²) in [5, 5.41) is 3.12. The summed E-state index contributed by atoms with van der Waals surface area (Å²) in [5.74, 6) is 6.44. The lowest BCUT2D eigenvalue weighted by Crippen LogP contribution is -1.87. The van der Waals surface area contributed by atoms with E-state index in [1.165, 1.54) is 25.7 Å². The number of benzene rings is 1. The van der Waals surface area contributed by atoms with Gasteiger partial charge in [-0.3, -0.25) is 0 Å². The SMILES string of the molecule is CCCCCCC#Cc1cccc(NC)c1. The van der Waals surface area contributed by atoms with Crippen LogP contribution in [0.15, 0.2) is 24.3 Å². The van der Waals surface area contributed by atoms with E-state index in [-0.39, 0.29) is 0 Å². The van der Waals surface area contributed by atoms with Crippen molar-refractivity contribution in [2.45, 2.75) is 39.0 Å². The molecule has 0 aliphatic heterocycles. The maximum atomic E-state index is 3.23. The van der Waals surface area contributed by atoms with Gasteiger partial charge in [-0.15, -0.1) is 0 Å². The lowest BCUT2D eigenvalue weighted by Gasteiger charge is -1.98. The predicted octanol–water partition coefficient (Wildman–Crippen LogP) is 4.05. The quantitative estimate of drug-likeness (QED) is 0.577. The van der Waals surface area contributed by atoms with Crippen molar-refractivity contribution in [1.29, 1.82) is 0 Å². The summed E-state index contributed by atoms with van der Waals surface area (Å²) in [4.78, 5) is 0. The smallest absolute Gasteiger partial charge is 0.0350 e. The van der Waals surface area contributed by atoms with E-state index in [2.05, 4.69) is 36.2 Å². The van der Waals surface area contributed by atoms with E-state index in [0.717, 1.165) is 17.7 Å². The van der Waals surface area contributed by atoms with Crippen molar-refractivity contribution in [3.8, 4) is 11.8 Å². The molecule has 1 nitrogen and oxygen atoms in total. The average Bonchev–Trinajstić information content (AvgIpc) is 2.34. The first-order chi connectivity index (χ1) is 7.86. The molecule has 16 heavy (non-hydrogen) atoms. The Morgan fingerprint density at radius 3 is 2.81 bits per heavy atom. The molecule has 1 aromatic carbocycles. The fourth-order valence-electron chi connectivity index (χ4n) is 1.56. The zero-order valence-electron chi connectivity index (χ0n) is 10.3. The molecule has 0 aliphatic rings. The molecular formula is C15H21N. The van der Waals surface area contributed by atoms with Gasteiger partial charge >= 0.3 is 0 Å². The average molecular weight is 215 g/mol. The first-order valence-electron chi connectivity index (χ1n) is 6.13. The molecule has 0 bridgehead atoms. The van der Waals surface area contributed by atoms with E-state index >= 15 is 0 Å². The first kappa shape index (κ1) is 12.6. The van der Waals surface area contributed by atoms with Crippen molar-refractivity contribution >= 4 is 5.69 Å². The van der Waals surface area contributed by atoms with Crippen molar-refractivity contribution in [3.05, 3.63) is 29.8 Å². The Morgan fingerprint density at radius 1 is 1.19 bits per heavy atom. The molecule has 0 fully saturated rings. The van der Waals surface area contributed by atoms with Gasteiger partial charge in [0.1, 0.15) is 0 Å². The van der Waals surface area contributed by atoms with E-state index in [1.54, 1.807) is 0 Å². The van der Waals surface area contributed by atoms with Crippen LogP contribution in [0.1, 0.15) is 44.6 Å². The third-order valence-corrected chi connectivity index (χ3v) is 2.54. The van der Waals surface area contributed by atoms with Crippen LogP contribution in [0.3, 0.4) is 0 Å². The highest BCUT2D eigenvalue weighted by atomic mass is 14.8. The molecule has 1 aromatic rings. The minimum Gasteiger partial charge on any atom is -0.388 e. The summed E-state index contributed by atoms with van der Waals surface area (Å²) < 4.78 is 0. The molecule has 1 rings (SSSR count). The number of rotatable bonds is 5. The first-order valence-corrected chi connectivity index (χ1v) is 6.13. The molecule has 0 radical (unpaired) electrons. The Balaban J connectivity index is 2.37. The topological polar surface area (TPSA) is 12.0 Å². The summed E-state index contributed by atoms with van der Waals surface area (Å²) >= 11 is 0. The molecule has 0 aliphatic carbocycles. The molecule has 0 aromatic heterocycles. The second kappa shape index (κ2) is 7.82. The molecule has 0 spiro atoms. The van der Waals surface area contributed by atoms with E-state index in [1.807, 2.05) is 19.2 Å². The number of unbranched alkanes of at least 4 members (excludes halogenated alkanes) is 4. The Hall–Kier alpha value is -1.42. The van der Waals surface area contributed by atoms with Crippen LogP contribution in [-0.2, 0) is 0 Å². The van der Waals surface area contributed by atoms with Crippen LogP contribution in [0.4, 0.5) is 5.69 Å². The zero-order valence-corrected chi connectivity index (χ0v) is 10.3. The summed E-state index contributed by atoms with van der Waals surface area (Å²) in [5.41, 5.74) is 2.22. The minimum absolute atomic E-state index is 1.02. The molecule has 0 saturated carbocycles. The van der Waals surface area contributed by atoms with E-state index in [0.29, 0.717) is 0 Å². The van der Waals surface area contributed by atoms with Gasteiger partial charge in [-0.25, -0.2) is 0 Å². The molecule has 0 atom stereocenters. The van der Waals surface area contributed by atoms with Gasteiger partial charge in [0.05, 0.1) is 0 Å². The van der Waals surface area contributed by atoms with E-state index in [9.17, 15) is 0 Å². The van der Waals surface area contributed by atoms with Crippen molar-refractivity contribution < 1.29 is 0 Å². The highest BCUT2D eigenvalue weighted by Crippen LogP contribution is 2.08. The van der Waals surface area contributed by atoms with E-state index < -0.39 is 0 Å². The van der Waals surface area contributed by atoms with Crippen LogP contribution in [0.5, 0.6) is 0 Å². The second-order valence-electron chi connectivity index (χ2n) is 3.94. The van der Waals surface area contributed by atoms with Gasteiger partial charge in [-0.05, 0) is 24.6 Å². The molecule has 1 N–H and O–H groups in total. The van der Waals surface area contributed by atoms with Crippen LogP contribution in [-0.4, -0.2) is 7.05 Å². The Morgan fingerprint density at radius 2 is 2.06 bits per heavy atom. The van der Waals surface area contributed by atoms with Gasteiger partial charge in [-0.1, -0.05) is 44.1 Å². The fourth-order valence-corrected chi connectivity index (χ4v) is 1.56. The number of hydrogen-bond acceptors (Lipinski definition) is 1. The van der Waals surface area contributed by atoms with E-state index in [4.69, 9.17) is 0 Å². The van der Waals surface area contributed by atoms with Crippen LogP contribution < -0.4 is 5.32 Å². The third-order valence-electron chi connectivity index (χ3n) is 2.54. The lowest BCUT2D eigenvalue weighted by molar-refractivity contribution is 0.679. The minimum atomic E-state index is 1.02. The van der Waals surface area contributed by atoms with Crippen LogP contribution in [0, 0.1) is 11.8 Å². The van der Waals surface area contributed by atoms with Crippen LogP contribution in [0.2, 0.25) is 0 Å². The normalized spacial score (nSPS) is 9.38. The van der Waals surface area contributed by atoms with Crippen molar-refractivity contribution in [2.24, 2.45) is 0 Å². The second-order valence-corrected chi connectivity index (χ2v) is 3.94. The maximum Gasteiger partial charge on any atom is 0.0350 e. The fraction of sp³-hybridized carbons (Fsp3) is 0.467. The number of anilines is 1. The monoisotopic (exact) mass is 215 g/mol. The molecule has 0 amide bonds. The zero-order chi connectivity index (χ0) is 11.6. The van der Waals surface area contributed by atoms with Crippen LogP contribution >= 0.6 is 0 Å². The Labute approximate surface area is 99.3 Å². The Bertz CT molecular complexity index is 357. The van der Waals surface area contributed by atoms with Crippen LogP contribution in [0.25, 0.3) is 0 Å². The molecule has 86 valence electrons. The molecule has 0 heterocycles. The summed E-state index contributed by atoms with van der Waals surface area (Å²) in [6.07, 6.45) is 6.17. The van der Waals surface area contributed by atoms with Crippen molar-refractivity contribution in [2.75, 3.05) is 12.4 Å². The van der Waals surface area contributed by atoms with Gasteiger partial charge in [-0.2, -0.15) is 0 Å². The standard InChI is InChI=1S/C15H21N/c1-3-4-5-6-7-8-10-14-11-9-12-15(13-14)16-2/h9,11-13,16H,3-7H2,1-2H3. The highest BCUT2D eigenvalue weighted by Gasteiger charge is 1.89. The highest BCUT2D eigenvalue weighted by molar-refractivity contribution is 5.49. The summed E-state index contributed by atoms with van der Waals surface area (Å²) in [6, 6.07) is 8.22. The predicted molar refractivity (Wildman–Crippen MR) is 71.6 cm³/mol. The van der Waals surface area contributed by atoms with Gasteiger partial charge in [0.15, 0.2) is 0 Å². The summed E-state index contributed by atoms with van der Waals surface area (Å²) in [6.45, 7) is 2.23. The number of nitrogens with one attached hydrogen (secondary N) is 1. The lowest BCUT2D eigenvalue weighted by atomic mass is 10.1. The molecule has 1 heteroatoms. The van der Waals surface area contributed by atoms with Gasteiger partial charge in [0, 0.05) is 24.7 Å². The molecular weight excluding hydrogens is 194 g/mol. The Kier molecular flexibility index (Phi) is 6.18. The van der Waals surface area contributed by atoms with Crippen molar-refractivity contribution in [1.82, 2.24) is 0 Å². The molecule has 0 unspecified atom stereocenters.